The lowest BCUT2D eigenvalue weighted by molar-refractivity contribution is -0.152. The third-order valence-electron chi connectivity index (χ3n) is 3.88. The number of nitrogens with two attached hydrogens (primary N) is 1. The fourth-order valence-electron chi connectivity index (χ4n) is 2.71. The molecule has 28 heavy (non-hydrogen) atoms. The molecule has 0 aliphatic rings. The van der Waals surface area contributed by atoms with Crippen LogP contribution in [0.1, 0.15) is 5.76 Å². The van der Waals surface area contributed by atoms with Gasteiger partial charge in [-0.05, 0) is 18.2 Å². The second-order valence-electron chi connectivity index (χ2n) is 5.75. The van der Waals surface area contributed by atoms with Crippen LogP contribution in [0.2, 0.25) is 0 Å². The standard InChI is InChI=1S/C19H14F3NO5/c1-26-13-5-3-2-4-11(13)16-17(25)12-7-6-10(27-9-15(23)24)8-14(12)28-18(16)19(20,21)22/h2-8H,9H2,1H3,(H2,23,24). The minimum atomic E-state index is -4.94. The molecule has 0 spiro atoms. The molecule has 0 fully saturated rings. The lowest BCUT2D eigenvalue weighted by atomic mass is 10.0. The lowest BCUT2D eigenvalue weighted by Crippen LogP contribution is -2.20. The van der Waals surface area contributed by atoms with Crippen LogP contribution in [0.15, 0.2) is 51.7 Å². The molecule has 0 unspecified atom stereocenters. The molecule has 0 radical (unpaired) electrons. The number of amides is 1. The molecule has 1 amide bonds. The minimum Gasteiger partial charge on any atom is -0.496 e. The van der Waals surface area contributed by atoms with Crippen LogP contribution in [0.4, 0.5) is 13.2 Å². The molecular weight excluding hydrogens is 379 g/mol. The summed E-state index contributed by atoms with van der Waals surface area (Å²) in [5.41, 5.74) is 3.07. The molecule has 2 aromatic carbocycles. The van der Waals surface area contributed by atoms with E-state index in [1.807, 2.05) is 0 Å². The van der Waals surface area contributed by atoms with Gasteiger partial charge in [0, 0.05) is 11.6 Å². The van der Waals surface area contributed by atoms with Crippen LogP contribution >= 0.6 is 0 Å². The van der Waals surface area contributed by atoms with Gasteiger partial charge in [0.15, 0.2) is 6.61 Å². The Kier molecular flexibility index (Phi) is 5.00. The van der Waals surface area contributed by atoms with E-state index >= 15 is 0 Å². The van der Waals surface area contributed by atoms with Crippen molar-refractivity contribution in [2.45, 2.75) is 6.18 Å². The molecule has 0 saturated heterocycles. The van der Waals surface area contributed by atoms with Crippen molar-refractivity contribution in [1.82, 2.24) is 0 Å². The van der Waals surface area contributed by atoms with Crippen LogP contribution in [0.3, 0.4) is 0 Å². The van der Waals surface area contributed by atoms with Crippen molar-refractivity contribution in [2.75, 3.05) is 13.7 Å². The fourth-order valence-corrected chi connectivity index (χ4v) is 2.71. The number of primary amides is 1. The van der Waals surface area contributed by atoms with Gasteiger partial charge in [-0.3, -0.25) is 9.59 Å². The van der Waals surface area contributed by atoms with E-state index < -0.39 is 35.4 Å². The molecule has 3 rings (SSSR count). The third kappa shape index (κ3) is 3.64. The third-order valence-corrected chi connectivity index (χ3v) is 3.88. The molecule has 1 heterocycles. The van der Waals surface area contributed by atoms with Gasteiger partial charge in [-0.2, -0.15) is 13.2 Å². The SMILES string of the molecule is COc1ccccc1-c1c(C(F)(F)F)oc2cc(OCC(N)=O)ccc2c1=O. The highest BCUT2D eigenvalue weighted by atomic mass is 19.4. The van der Waals surface area contributed by atoms with Crippen LogP contribution < -0.4 is 20.6 Å². The zero-order valence-electron chi connectivity index (χ0n) is 14.5. The summed E-state index contributed by atoms with van der Waals surface area (Å²) in [7, 11) is 1.29. The van der Waals surface area contributed by atoms with Gasteiger partial charge in [-0.1, -0.05) is 18.2 Å². The predicted molar refractivity (Wildman–Crippen MR) is 94.2 cm³/mol. The first-order valence-electron chi connectivity index (χ1n) is 7.95. The van der Waals surface area contributed by atoms with E-state index in [0.717, 1.165) is 6.07 Å². The van der Waals surface area contributed by atoms with Crippen molar-refractivity contribution < 1.29 is 31.9 Å². The molecule has 0 aliphatic heterocycles. The van der Waals surface area contributed by atoms with Crippen molar-refractivity contribution in [1.29, 1.82) is 0 Å². The smallest absolute Gasteiger partial charge is 0.450 e. The van der Waals surface area contributed by atoms with Gasteiger partial charge in [0.05, 0.1) is 18.1 Å². The Morgan fingerprint density at radius 3 is 2.54 bits per heavy atom. The Morgan fingerprint density at radius 2 is 1.89 bits per heavy atom. The van der Waals surface area contributed by atoms with Crippen LogP contribution in [0.5, 0.6) is 11.5 Å². The zero-order chi connectivity index (χ0) is 20.5. The minimum absolute atomic E-state index is 0.0348. The highest BCUT2D eigenvalue weighted by molar-refractivity contribution is 5.85. The number of fused-ring (bicyclic) bond motifs is 1. The van der Waals surface area contributed by atoms with E-state index in [9.17, 15) is 22.8 Å². The number of para-hydroxylation sites is 1. The van der Waals surface area contributed by atoms with Gasteiger partial charge < -0.3 is 19.6 Å². The monoisotopic (exact) mass is 393 g/mol. The number of carbonyl (C=O) groups excluding carboxylic acids is 1. The average Bonchev–Trinajstić information content (AvgIpc) is 2.65. The predicted octanol–water partition coefficient (Wildman–Crippen LogP) is 3.35. The first-order chi connectivity index (χ1) is 13.2. The van der Waals surface area contributed by atoms with Crippen LogP contribution in [-0.4, -0.2) is 19.6 Å². The molecule has 0 saturated carbocycles. The van der Waals surface area contributed by atoms with Crippen molar-refractivity contribution in [3.8, 4) is 22.6 Å². The summed E-state index contributed by atoms with van der Waals surface area (Å²) in [4.78, 5) is 23.7. The lowest BCUT2D eigenvalue weighted by Gasteiger charge is -2.15. The molecule has 0 aliphatic carbocycles. The largest absolute Gasteiger partial charge is 0.496 e. The van der Waals surface area contributed by atoms with Gasteiger partial charge in [0.25, 0.3) is 5.91 Å². The van der Waals surface area contributed by atoms with Crippen LogP contribution in [0.25, 0.3) is 22.1 Å². The van der Waals surface area contributed by atoms with Crippen molar-refractivity contribution in [3.05, 3.63) is 58.4 Å². The number of methoxy groups -OCH3 is 1. The maximum Gasteiger partial charge on any atom is 0.450 e. The van der Waals surface area contributed by atoms with Crippen molar-refractivity contribution >= 4 is 16.9 Å². The highest BCUT2D eigenvalue weighted by Crippen LogP contribution is 2.40. The van der Waals surface area contributed by atoms with Gasteiger partial charge >= 0.3 is 6.18 Å². The summed E-state index contributed by atoms with van der Waals surface area (Å²) in [6.45, 7) is -0.471. The van der Waals surface area contributed by atoms with E-state index in [2.05, 4.69) is 0 Å². The molecule has 146 valence electrons. The molecule has 2 N–H and O–H groups in total. The second-order valence-corrected chi connectivity index (χ2v) is 5.75. The number of hydrogen-bond donors (Lipinski definition) is 1. The Balaban J connectivity index is 2.29. The Labute approximate surface area is 156 Å². The molecule has 9 heteroatoms. The van der Waals surface area contributed by atoms with E-state index in [1.165, 1.54) is 37.4 Å². The fraction of sp³-hybridized carbons (Fsp3) is 0.158. The van der Waals surface area contributed by atoms with Gasteiger partial charge in [-0.25, -0.2) is 0 Å². The molecule has 6 nitrogen and oxygen atoms in total. The summed E-state index contributed by atoms with van der Waals surface area (Å²) in [5.74, 6) is -2.08. The number of hydrogen-bond acceptors (Lipinski definition) is 5. The van der Waals surface area contributed by atoms with Gasteiger partial charge in [0.2, 0.25) is 11.2 Å². The highest BCUT2D eigenvalue weighted by Gasteiger charge is 2.40. The topological polar surface area (TPSA) is 91.8 Å². The second kappa shape index (κ2) is 7.26. The first-order valence-corrected chi connectivity index (χ1v) is 7.95. The Hall–Kier alpha value is -3.49. The first kappa shape index (κ1) is 19.3. The maximum atomic E-state index is 13.7. The van der Waals surface area contributed by atoms with Gasteiger partial charge in [-0.15, -0.1) is 0 Å². The quantitative estimate of drug-likeness (QED) is 0.718. The van der Waals surface area contributed by atoms with E-state index in [1.54, 1.807) is 6.07 Å². The zero-order valence-corrected chi connectivity index (χ0v) is 14.5. The van der Waals surface area contributed by atoms with E-state index in [0.29, 0.717) is 0 Å². The van der Waals surface area contributed by atoms with Crippen LogP contribution in [0, 0.1) is 0 Å². The van der Waals surface area contributed by atoms with Gasteiger partial charge in [0.1, 0.15) is 17.1 Å². The summed E-state index contributed by atoms with van der Waals surface area (Å²) in [6.07, 6.45) is -4.94. The van der Waals surface area contributed by atoms with Crippen molar-refractivity contribution in [2.24, 2.45) is 5.73 Å². The van der Waals surface area contributed by atoms with Crippen LogP contribution in [-0.2, 0) is 11.0 Å². The number of rotatable bonds is 5. The summed E-state index contributed by atoms with van der Waals surface area (Å²) in [5, 5.41) is -0.0830. The molecular formula is C19H14F3NO5. The molecule has 0 atom stereocenters. The number of alkyl halides is 3. The summed E-state index contributed by atoms with van der Waals surface area (Å²) < 4.78 is 56.2. The number of benzene rings is 2. The normalized spacial score (nSPS) is 11.4. The average molecular weight is 393 g/mol. The molecule has 0 bridgehead atoms. The maximum absolute atomic E-state index is 13.7. The summed E-state index contributed by atoms with van der Waals surface area (Å²) in [6, 6.07) is 9.54. The Morgan fingerprint density at radius 1 is 1.18 bits per heavy atom. The van der Waals surface area contributed by atoms with E-state index in [-0.39, 0.29) is 28.0 Å². The number of carbonyl (C=O) groups is 1. The molecule has 1 aromatic heterocycles. The number of ether oxygens (including phenoxy) is 2. The Bertz CT molecular complexity index is 1100. The molecule has 3 aromatic rings. The summed E-state index contributed by atoms with van der Waals surface area (Å²) >= 11 is 0. The number of halogens is 3. The van der Waals surface area contributed by atoms with Crippen molar-refractivity contribution in [3.63, 3.8) is 0 Å². The van der Waals surface area contributed by atoms with E-state index in [4.69, 9.17) is 19.6 Å².